The van der Waals surface area contributed by atoms with E-state index < -0.39 is 6.17 Å². The highest BCUT2D eigenvalue weighted by Crippen LogP contribution is 2.36. The summed E-state index contributed by atoms with van der Waals surface area (Å²) in [6, 6.07) is 15.2. The van der Waals surface area contributed by atoms with Gasteiger partial charge in [-0.15, -0.1) is 0 Å². The molecule has 0 fully saturated rings. The van der Waals surface area contributed by atoms with Gasteiger partial charge in [-0.05, 0) is 35.4 Å². The first kappa shape index (κ1) is 12.0. The number of fused-ring (bicyclic) bond motifs is 1. The molecule has 0 heterocycles. The molecule has 2 atom stereocenters. The van der Waals surface area contributed by atoms with Gasteiger partial charge in [0.2, 0.25) is 0 Å². The second kappa shape index (κ2) is 4.92. The molecule has 0 saturated carbocycles. The predicted molar refractivity (Wildman–Crippen MR) is 74.4 cm³/mol. The number of halogens is 1. The second-order valence-electron chi connectivity index (χ2n) is 4.77. The average Bonchev–Trinajstić information content (AvgIpc) is 2.76. The monoisotopic (exact) mass is 257 g/mol. The summed E-state index contributed by atoms with van der Waals surface area (Å²) in [5.74, 6) is 0.800. The largest absolute Gasteiger partial charge is 0.497 e. The molecule has 98 valence electrons. The normalized spacial score (nSPS) is 20.9. The lowest BCUT2D eigenvalue weighted by Gasteiger charge is -2.18. The maximum Gasteiger partial charge on any atom is 0.128 e. The Morgan fingerprint density at radius 2 is 1.84 bits per heavy atom. The zero-order chi connectivity index (χ0) is 13.2. The molecule has 0 saturated heterocycles. The molecule has 0 aromatic heterocycles. The van der Waals surface area contributed by atoms with Crippen LogP contribution < -0.4 is 10.1 Å². The molecule has 0 unspecified atom stereocenters. The third kappa shape index (κ3) is 2.28. The molecule has 0 amide bonds. The molecular formula is C16H16FNO. The van der Waals surface area contributed by atoms with Gasteiger partial charge >= 0.3 is 0 Å². The highest BCUT2D eigenvalue weighted by Gasteiger charge is 2.31. The van der Waals surface area contributed by atoms with Crippen LogP contribution in [0.3, 0.4) is 0 Å². The van der Waals surface area contributed by atoms with Crippen LogP contribution in [-0.4, -0.2) is 13.3 Å². The van der Waals surface area contributed by atoms with Gasteiger partial charge in [-0.3, -0.25) is 0 Å². The molecule has 2 aromatic rings. The number of rotatable bonds is 3. The standard InChI is InChI=1S/C16H16FNO/c1-19-13-8-6-12(7-9-13)18-16-14-5-3-2-4-11(14)10-15(16)17/h2-9,15-16,18H,10H2,1H3/t15-,16+/m0/s1. The fourth-order valence-electron chi connectivity index (χ4n) is 2.58. The summed E-state index contributed by atoms with van der Waals surface area (Å²) >= 11 is 0. The van der Waals surface area contributed by atoms with E-state index in [2.05, 4.69) is 5.32 Å². The molecule has 2 nitrogen and oxygen atoms in total. The smallest absolute Gasteiger partial charge is 0.128 e. The van der Waals surface area contributed by atoms with Crippen LogP contribution >= 0.6 is 0 Å². The Hall–Kier alpha value is -2.03. The van der Waals surface area contributed by atoms with Gasteiger partial charge in [0.25, 0.3) is 0 Å². The van der Waals surface area contributed by atoms with Crippen LogP contribution in [0.5, 0.6) is 5.75 Å². The zero-order valence-electron chi connectivity index (χ0n) is 10.8. The van der Waals surface area contributed by atoms with E-state index in [4.69, 9.17) is 4.74 Å². The van der Waals surface area contributed by atoms with E-state index in [9.17, 15) is 4.39 Å². The number of alkyl halides is 1. The third-order valence-corrected chi connectivity index (χ3v) is 3.58. The van der Waals surface area contributed by atoms with E-state index in [1.165, 1.54) is 0 Å². The van der Waals surface area contributed by atoms with Gasteiger partial charge in [-0.25, -0.2) is 4.39 Å². The molecule has 0 radical (unpaired) electrons. The van der Waals surface area contributed by atoms with Crippen LogP contribution in [0.4, 0.5) is 10.1 Å². The maximum absolute atomic E-state index is 14.1. The minimum atomic E-state index is -0.875. The predicted octanol–water partition coefficient (Wildman–Crippen LogP) is 3.74. The van der Waals surface area contributed by atoms with Crippen LogP contribution in [0.15, 0.2) is 48.5 Å². The van der Waals surface area contributed by atoms with Crippen molar-refractivity contribution in [2.45, 2.75) is 18.6 Å². The summed E-state index contributed by atoms with van der Waals surface area (Å²) in [7, 11) is 1.63. The maximum atomic E-state index is 14.1. The Labute approximate surface area is 112 Å². The van der Waals surface area contributed by atoms with Crippen molar-refractivity contribution in [3.8, 4) is 5.75 Å². The van der Waals surface area contributed by atoms with E-state index in [1.54, 1.807) is 7.11 Å². The van der Waals surface area contributed by atoms with Crippen LogP contribution in [-0.2, 0) is 6.42 Å². The van der Waals surface area contributed by atoms with Crippen molar-refractivity contribution in [1.29, 1.82) is 0 Å². The summed E-state index contributed by atoms with van der Waals surface area (Å²) < 4.78 is 19.2. The van der Waals surface area contributed by atoms with Gasteiger partial charge in [-0.2, -0.15) is 0 Å². The number of hydrogen-bond acceptors (Lipinski definition) is 2. The minimum absolute atomic E-state index is 0.260. The lowest BCUT2D eigenvalue weighted by molar-refractivity contribution is 0.315. The molecule has 0 spiro atoms. The summed E-state index contributed by atoms with van der Waals surface area (Å²) in [5, 5.41) is 3.27. The van der Waals surface area contributed by atoms with Crippen LogP contribution in [0, 0.1) is 0 Å². The van der Waals surface area contributed by atoms with Gasteiger partial charge in [0.1, 0.15) is 11.9 Å². The van der Waals surface area contributed by atoms with Crippen molar-refractivity contribution in [3.05, 3.63) is 59.7 Å². The fraction of sp³-hybridized carbons (Fsp3) is 0.250. The van der Waals surface area contributed by atoms with Crippen molar-refractivity contribution < 1.29 is 9.13 Å². The highest BCUT2D eigenvalue weighted by atomic mass is 19.1. The summed E-state index contributed by atoms with van der Waals surface area (Å²) in [6.45, 7) is 0. The number of anilines is 1. The van der Waals surface area contributed by atoms with Gasteiger partial charge < -0.3 is 10.1 Å². The third-order valence-electron chi connectivity index (χ3n) is 3.58. The Kier molecular flexibility index (Phi) is 3.11. The molecule has 2 aromatic carbocycles. The van der Waals surface area contributed by atoms with Crippen LogP contribution in [0.2, 0.25) is 0 Å². The number of ether oxygens (including phenoxy) is 1. The zero-order valence-corrected chi connectivity index (χ0v) is 10.8. The van der Waals surface area contributed by atoms with Crippen molar-refractivity contribution >= 4 is 5.69 Å². The van der Waals surface area contributed by atoms with Crippen molar-refractivity contribution in [2.24, 2.45) is 0 Å². The Morgan fingerprint density at radius 3 is 2.58 bits per heavy atom. The van der Waals surface area contributed by atoms with E-state index in [0.717, 1.165) is 22.6 Å². The van der Waals surface area contributed by atoms with Gasteiger partial charge in [0.05, 0.1) is 13.2 Å². The first-order valence-corrected chi connectivity index (χ1v) is 6.40. The van der Waals surface area contributed by atoms with Crippen LogP contribution in [0.25, 0.3) is 0 Å². The molecule has 19 heavy (non-hydrogen) atoms. The van der Waals surface area contributed by atoms with E-state index in [-0.39, 0.29) is 6.04 Å². The van der Waals surface area contributed by atoms with Gasteiger partial charge in [-0.1, -0.05) is 24.3 Å². The molecule has 0 aliphatic heterocycles. The van der Waals surface area contributed by atoms with Gasteiger partial charge in [0.15, 0.2) is 0 Å². The first-order chi connectivity index (χ1) is 9.28. The Bertz CT molecular complexity index is 567. The Balaban J connectivity index is 1.82. The number of hydrogen-bond donors (Lipinski definition) is 1. The minimum Gasteiger partial charge on any atom is -0.497 e. The quantitative estimate of drug-likeness (QED) is 0.904. The molecule has 1 aliphatic rings. The Morgan fingerprint density at radius 1 is 1.11 bits per heavy atom. The van der Waals surface area contributed by atoms with Crippen molar-refractivity contribution in [2.75, 3.05) is 12.4 Å². The summed E-state index contributed by atoms with van der Waals surface area (Å²) in [5.41, 5.74) is 3.07. The topological polar surface area (TPSA) is 21.3 Å². The van der Waals surface area contributed by atoms with E-state index in [0.29, 0.717) is 6.42 Å². The molecule has 0 bridgehead atoms. The fourth-order valence-corrected chi connectivity index (χ4v) is 2.58. The highest BCUT2D eigenvalue weighted by molar-refractivity contribution is 5.51. The van der Waals surface area contributed by atoms with Crippen molar-refractivity contribution in [1.82, 2.24) is 0 Å². The second-order valence-corrected chi connectivity index (χ2v) is 4.77. The molecule has 1 aliphatic carbocycles. The lowest BCUT2D eigenvalue weighted by atomic mass is 10.1. The molecule has 3 rings (SSSR count). The SMILES string of the molecule is COc1ccc(N[C@@H]2c3ccccc3C[C@@H]2F)cc1. The number of benzene rings is 2. The summed E-state index contributed by atoms with van der Waals surface area (Å²) in [4.78, 5) is 0. The van der Waals surface area contributed by atoms with Crippen LogP contribution in [0.1, 0.15) is 17.2 Å². The van der Waals surface area contributed by atoms with E-state index >= 15 is 0 Å². The lowest BCUT2D eigenvalue weighted by Crippen LogP contribution is -2.17. The number of methoxy groups -OCH3 is 1. The molecule has 1 N–H and O–H groups in total. The summed E-state index contributed by atoms with van der Waals surface area (Å²) in [6.07, 6.45) is -0.385. The first-order valence-electron chi connectivity index (χ1n) is 6.40. The average molecular weight is 257 g/mol. The number of nitrogens with one attached hydrogen (secondary N) is 1. The van der Waals surface area contributed by atoms with E-state index in [1.807, 2.05) is 48.5 Å². The molecular weight excluding hydrogens is 241 g/mol. The van der Waals surface area contributed by atoms with Gasteiger partial charge in [0, 0.05) is 12.1 Å². The molecule has 3 heteroatoms. The van der Waals surface area contributed by atoms with Crippen molar-refractivity contribution in [3.63, 3.8) is 0 Å².